The lowest BCUT2D eigenvalue weighted by Gasteiger charge is -2.21. The minimum Gasteiger partial charge on any atom is -0.497 e. The van der Waals surface area contributed by atoms with Gasteiger partial charge in [-0.05, 0) is 17.7 Å². The van der Waals surface area contributed by atoms with Gasteiger partial charge >= 0.3 is 0 Å². The molecule has 0 aliphatic carbocycles. The van der Waals surface area contributed by atoms with Gasteiger partial charge in [0.15, 0.2) is 4.84 Å². The molecular weight excluding hydrogens is 303 g/mol. The lowest BCUT2D eigenvalue weighted by Crippen LogP contribution is -2.35. The van der Waals surface area contributed by atoms with Gasteiger partial charge in [0.1, 0.15) is 12.9 Å². The molecule has 0 saturated carbocycles. The number of hydrogen-bond acceptors (Lipinski definition) is 4. The first-order chi connectivity index (χ1) is 9.58. The molecule has 1 rings (SSSR count). The number of alkyl halides is 2. The second-order valence-electron chi connectivity index (χ2n) is 3.84. The van der Waals surface area contributed by atoms with Crippen LogP contribution in [-0.4, -0.2) is 42.6 Å². The predicted octanol–water partition coefficient (Wildman–Crippen LogP) is 2.46. The molecule has 0 aromatic heterocycles. The Hall–Kier alpha value is -1.46. The average Bonchev–Trinajstić information content (AvgIpc) is 2.46. The van der Waals surface area contributed by atoms with Crippen LogP contribution in [0.15, 0.2) is 29.4 Å². The maximum Gasteiger partial charge on any atom is 0.256 e. The highest BCUT2D eigenvalue weighted by Crippen LogP contribution is 2.15. The van der Waals surface area contributed by atoms with Gasteiger partial charge in [0, 0.05) is 6.54 Å². The molecule has 0 bridgehead atoms. The SMILES string of the molecule is CON=CCN(Cc1ccc(OC)cc1)C(=O)C(Cl)Cl. The Morgan fingerprint density at radius 2 is 2.00 bits per heavy atom. The van der Waals surface area contributed by atoms with Crippen LogP contribution in [0.3, 0.4) is 0 Å². The molecule has 0 atom stereocenters. The maximum atomic E-state index is 11.9. The molecule has 1 aromatic rings. The molecule has 0 spiro atoms. The zero-order valence-electron chi connectivity index (χ0n) is 11.3. The summed E-state index contributed by atoms with van der Waals surface area (Å²) in [5.41, 5.74) is 0.930. The lowest BCUT2D eigenvalue weighted by atomic mass is 10.2. The van der Waals surface area contributed by atoms with Crippen molar-refractivity contribution in [3.63, 3.8) is 0 Å². The molecule has 110 valence electrons. The van der Waals surface area contributed by atoms with Crippen molar-refractivity contribution in [2.75, 3.05) is 20.8 Å². The number of nitrogens with zero attached hydrogens (tertiary/aromatic N) is 2. The Balaban J connectivity index is 2.76. The maximum absolute atomic E-state index is 11.9. The van der Waals surface area contributed by atoms with Gasteiger partial charge in [0.05, 0.1) is 19.9 Å². The van der Waals surface area contributed by atoms with Crippen molar-refractivity contribution in [2.45, 2.75) is 11.4 Å². The Bertz CT molecular complexity index is 449. The van der Waals surface area contributed by atoms with E-state index < -0.39 is 4.84 Å². The van der Waals surface area contributed by atoms with Crippen molar-refractivity contribution >= 4 is 35.3 Å². The fraction of sp³-hybridized carbons (Fsp3) is 0.385. The molecule has 1 amide bonds. The van der Waals surface area contributed by atoms with Gasteiger partial charge in [0.2, 0.25) is 0 Å². The van der Waals surface area contributed by atoms with Gasteiger partial charge in [-0.1, -0.05) is 40.5 Å². The van der Waals surface area contributed by atoms with Crippen LogP contribution in [0.25, 0.3) is 0 Å². The Morgan fingerprint density at radius 1 is 1.35 bits per heavy atom. The number of ether oxygens (including phenoxy) is 1. The van der Waals surface area contributed by atoms with Gasteiger partial charge in [0.25, 0.3) is 5.91 Å². The fourth-order valence-electron chi connectivity index (χ4n) is 1.53. The summed E-state index contributed by atoms with van der Waals surface area (Å²) in [4.78, 5) is 16.8. The van der Waals surface area contributed by atoms with Crippen molar-refractivity contribution in [3.05, 3.63) is 29.8 Å². The van der Waals surface area contributed by atoms with Crippen molar-refractivity contribution in [1.29, 1.82) is 0 Å². The van der Waals surface area contributed by atoms with Crippen molar-refractivity contribution < 1.29 is 14.4 Å². The van der Waals surface area contributed by atoms with E-state index in [-0.39, 0.29) is 12.5 Å². The predicted molar refractivity (Wildman–Crippen MR) is 79.4 cm³/mol. The number of amides is 1. The van der Waals surface area contributed by atoms with Gasteiger partial charge in [-0.15, -0.1) is 0 Å². The van der Waals surface area contributed by atoms with E-state index in [1.165, 1.54) is 18.2 Å². The minimum atomic E-state index is -1.11. The molecular formula is C13H16Cl2N2O3. The number of halogens is 2. The summed E-state index contributed by atoms with van der Waals surface area (Å²) in [6.07, 6.45) is 1.47. The van der Waals surface area contributed by atoms with Gasteiger partial charge < -0.3 is 14.5 Å². The minimum absolute atomic E-state index is 0.259. The molecule has 0 fully saturated rings. The van der Waals surface area contributed by atoms with Crippen LogP contribution in [0.1, 0.15) is 5.56 Å². The van der Waals surface area contributed by atoms with E-state index in [9.17, 15) is 4.79 Å². The molecule has 20 heavy (non-hydrogen) atoms. The number of rotatable bonds is 7. The van der Waals surface area contributed by atoms with Crippen molar-refractivity contribution in [1.82, 2.24) is 4.90 Å². The normalized spacial score (nSPS) is 10.8. The third-order valence-corrected chi connectivity index (χ3v) is 2.89. The summed E-state index contributed by atoms with van der Waals surface area (Å²) >= 11 is 11.3. The Labute approximate surface area is 128 Å². The van der Waals surface area contributed by atoms with E-state index >= 15 is 0 Å². The molecule has 7 heteroatoms. The third kappa shape index (κ3) is 5.27. The van der Waals surface area contributed by atoms with Crippen molar-refractivity contribution in [3.8, 4) is 5.75 Å². The zero-order valence-corrected chi connectivity index (χ0v) is 12.8. The highest BCUT2D eigenvalue weighted by Gasteiger charge is 2.19. The Kier molecular flexibility index (Phi) is 7.18. The van der Waals surface area contributed by atoms with Crippen LogP contribution in [0.2, 0.25) is 0 Å². The average molecular weight is 319 g/mol. The number of carbonyl (C=O) groups excluding carboxylic acids is 1. The summed E-state index contributed by atoms with van der Waals surface area (Å²) in [5.74, 6) is 0.367. The van der Waals surface area contributed by atoms with E-state index in [0.29, 0.717) is 6.54 Å². The first-order valence-electron chi connectivity index (χ1n) is 5.83. The van der Waals surface area contributed by atoms with Crippen LogP contribution >= 0.6 is 23.2 Å². The summed E-state index contributed by atoms with van der Waals surface area (Å²) < 4.78 is 5.08. The highest BCUT2D eigenvalue weighted by atomic mass is 35.5. The second-order valence-corrected chi connectivity index (χ2v) is 4.93. The summed E-state index contributed by atoms with van der Waals surface area (Å²) in [6, 6.07) is 7.37. The third-order valence-electron chi connectivity index (χ3n) is 2.51. The topological polar surface area (TPSA) is 51.1 Å². The first-order valence-corrected chi connectivity index (χ1v) is 6.70. The van der Waals surface area contributed by atoms with Crippen LogP contribution in [0.5, 0.6) is 5.75 Å². The molecule has 0 aliphatic rings. The van der Waals surface area contributed by atoms with E-state index in [2.05, 4.69) is 9.99 Å². The number of hydrogen-bond donors (Lipinski definition) is 0. The van der Waals surface area contributed by atoms with Gasteiger partial charge in [-0.2, -0.15) is 0 Å². The number of oxime groups is 1. The number of methoxy groups -OCH3 is 1. The van der Waals surface area contributed by atoms with Gasteiger partial charge in [-0.25, -0.2) is 0 Å². The molecule has 1 aromatic carbocycles. The van der Waals surface area contributed by atoms with Crippen LogP contribution < -0.4 is 4.74 Å². The quantitative estimate of drug-likeness (QED) is 0.441. The van der Waals surface area contributed by atoms with Crippen LogP contribution in [0.4, 0.5) is 0 Å². The summed E-state index contributed by atoms with van der Waals surface area (Å²) in [5, 5.41) is 3.60. The summed E-state index contributed by atoms with van der Waals surface area (Å²) in [6.45, 7) is 0.628. The molecule has 0 unspecified atom stereocenters. The number of benzene rings is 1. The fourth-order valence-corrected chi connectivity index (χ4v) is 1.80. The largest absolute Gasteiger partial charge is 0.497 e. The monoisotopic (exact) mass is 318 g/mol. The Morgan fingerprint density at radius 3 is 2.50 bits per heavy atom. The standard InChI is InChI=1S/C13H16Cl2N2O3/c1-19-11-5-3-10(4-6-11)9-17(8-7-16-20-2)13(18)12(14)15/h3-7,12H,8-9H2,1-2H3. The lowest BCUT2D eigenvalue weighted by molar-refractivity contribution is -0.129. The molecule has 0 radical (unpaired) electrons. The van der Waals surface area contributed by atoms with Crippen molar-refractivity contribution in [2.24, 2.45) is 5.16 Å². The number of carbonyl (C=O) groups is 1. The summed E-state index contributed by atoms with van der Waals surface area (Å²) in [7, 11) is 3.02. The van der Waals surface area contributed by atoms with Crippen LogP contribution in [-0.2, 0) is 16.2 Å². The zero-order chi connectivity index (χ0) is 15.0. The smallest absolute Gasteiger partial charge is 0.256 e. The molecule has 0 saturated heterocycles. The highest BCUT2D eigenvalue weighted by molar-refractivity contribution is 6.53. The molecule has 0 heterocycles. The first kappa shape index (κ1) is 16.6. The molecule has 0 aliphatic heterocycles. The molecule has 5 nitrogen and oxygen atoms in total. The van der Waals surface area contributed by atoms with E-state index in [1.807, 2.05) is 24.3 Å². The van der Waals surface area contributed by atoms with Crippen LogP contribution in [0, 0.1) is 0 Å². The second kappa shape index (κ2) is 8.66. The van der Waals surface area contributed by atoms with E-state index in [0.717, 1.165) is 11.3 Å². The molecule has 0 N–H and O–H groups in total. The van der Waals surface area contributed by atoms with E-state index in [4.69, 9.17) is 27.9 Å². The van der Waals surface area contributed by atoms with E-state index in [1.54, 1.807) is 7.11 Å². The van der Waals surface area contributed by atoms with Gasteiger partial charge in [-0.3, -0.25) is 4.79 Å².